The van der Waals surface area contributed by atoms with Gasteiger partial charge in [0.2, 0.25) is 0 Å². The number of piperazine rings is 1. The fraction of sp³-hybridized carbons (Fsp3) is 0.929. The van der Waals surface area contributed by atoms with Gasteiger partial charge in [-0.2, -0.15) is 0 Å². The average Bonchev–Trinajstić information content (AvgIpc) is 2.29. The van der Waals surface area contributed by atoms with Gasteiger partial charge >= 0.3 is 5.97 Å². The van der Waals surface area contributed by atoms with Crippen molar-refractivity contribution < 1.29 is 9.90 Å². The average molecular weight is 271 g/mol. The lowest BCUT2D eigenvalue weighted by Gasteiger charge is -2.36. The molecule has 0 aliphatic carbocycles. The van der Waals surface area contributed by atoms with Gasteiger partial charge in [0.05, 0.1) is 0 Å². The van der Waals surface area contributed by atoms with Gasteiger partial charge in [0.1, 0.15) is 6.04 Å². The quantitative estimate of drug-likeness (QED) is 0.714. The van der Waals surface area contributed by atoms with Gasteiger partial charge in [-0.15, -0.1) is 0 Å². The van der Waals surface area contributed by atoms with Crippen molar-refractivity contribution >= 4 is 5.97 Å². The molecule has 5 nitrogen and oxygen atoms in total. The van der Waals surface area contributed by atoms with Crippen LogP contribution in [-0.4, -0.2) is 72.2 Å². The molecule has 1 unspecified atom stereocenters. The first-order valence-corrected chi connectivity index (χ1v) is 7.32. The highest BCUT2D eigenvalue weighted by atomic mass is 16.4. The summed E-state index contributed by atoms with van der Waals surface area (Å²) in [5, 5.41) is 12.3. The maximum absolute atomic E-state index is 11.2. The van der Waals surface area contributed by atoms with Crippen LogP contribution >= 0.6 is 0 Å². The number of rotatable bonds is 7. The van der Waals surface area contributed by atoms with Crippen LogP contribution in [0.3, 0.4) is 0 Å². The fourth-order valence-corrected chi connectivity index (χ4v) is 2.53. The molecule has 112 valence electrons. The summed E-state index contributed by atoms with van der Waals surface area (Å²) in [5.41, 5.74) is 0. The number of nitrogens with one attached hydrogen (secondary N) is 1. The Hall–Kier alpha value is -0.650. The number of carboxylic acids is 1. The predicted molar refractivity (Wildman–Crippen MR) is 77.4 cm³/mol. The second kappa shape index (κ2) is 7.82. The minimum absolute atomic E-state index is 0.198. The molecule has 1 heterocycles. The van der Waals surface area contributed by atoms with Crippen LogP contribution in [0.5, 0.6) is 0 Å². The third kappa shape index (κ3) is 6.36. The van der Waals surface area contributed by atoms with Gasteiger partial charge in [-0.3, -0.25) is 9.69 Å². The summed E-state index contributed by atoms with van der Waals surface area (Å²) in [5.74, 6) is -0.0563. The van der Waals surface area contributed by atoms with E-state index in [-0.39, 0.29) is 6.04 Å². The fourth-order valence-electron chi connectivity index (χ4n) is 2.53. The topological polar surface area (TPSA) is 55.8 Å². The second-order valence-corrected chi connectivity index (χ2v) is 6.21. The predicted octanol–water partition coefficient (Wildman–Crippen LogP) is 0.711. The maximum atomic E-state index is 11.2. The summed E-state index contributed by atoms with van der Waals surface area (Å²) < 4.78 is 0. The van der Waals surface area contributed by atoms with Gasteiger partial charge in [0, 0.05) is 45.3 Å². The second-order valence-electron chi connectivity index (χ2n) is 6.21. The molecule has 1 aliphatic rings. The summed E-state index contributed by atoms with van der Waals surface area (Å²) >= 11 is 0. The highest BCUT2D eigenvalue weighted by Gasteiger charge is 2.24. The lowest BCUT2D eigenvalue weighted by Crippen LogP contribution is -2.54. The molecule has 19 heavy (non-hydrogen) atoms. The van der Waals surface area contributed by atoms with Crippen LogP contribution in [0.4, 0.5) is 0 Å². The molecule has 1 aliphatic heterocycles. The molecule has 0 aromatic heterocycles. The Kier molecular flexibility index (Phi) is 6.75. The van der Waals surface area contributed by atoms with Crippen molar-refractivity contribution in [1.82, 2.24) is 15.1 Å². The van der Waals surface area contributed by atoms with Crippen LogP contribution in [0.2, 0.25) is 0 Å². The van der Waals surface area contributed by atoms with Crippen LogP contribution in [0.1, 0.15) is 27.7 Å². The number of aliphatic carboxylic acids is 1. The molecule has 0 bridgehead atoms. The zero-order chi connectivity index (χ0) is 14.4. The van der Waals surface area contributed by atoms with Gasteiger partial charge in [0.25, 0.3) is 0 Å². The van der Waals surface area contributed by atoms with E-state index in [0.29, 0.717) is 12.5 Å². The Morgan fingerprint density at radius 2 is 1.53 bits per heavy atom. The van der Waals surface area contributed by atoms with E-state index in [1.807, 2.05) is 13.8 Å². The normalized spacial score (nSPS) is 20.1. The van der Waals surface area contributed by atoms with Gasteiger partial charge in [0.15, 0.2) is 0 Å². The van der Waals surface area contributed by atoms with Gasteiger partial charge in [-0.1, -0.05) is 27.7 Å². The van der Waals surface area contributed by atoms with E-state index in [0.717, 1.165) is 32.7 Å². The molecule has 0 radical (unpaired) electrons. The molecule has 5 heteroatoms. The van der Waals surface area contributed by atoms with E-state index < -0.39 is 12.0 Å². The molecular formula is C14H29N3O2. The third-order valence-electron chi connectivity index (χ3n) is 3.36. The number of carboxylic acid groups (broad SMARTS) is 1. The monoisotopic (exact) mass is 271 g/mol. The van der Waals surface area contributed by atoms with Crippen molar-refractivity contribution in [3.8, 4) is 0 Å². The van der Waals surface area contributed by atoms with Crippen LogP contribution in [0.15, 0.2) is 0 Å². The highest BCUT2D eigenvalue weighted by Crippen LogP contribution is 2.06. The first-order valence-electron chi connectivity index (χ1n) is 7.32. The van der Waals surface area contributed by atoms with E-state index in [1.165, 1.54) is 0 Å². The van der Waals surface area contributed by atoms with Crippen LogP contribution in [0.25, 0.3) is 0 Å². The van der Waals surface area contributed by atoms with Crippen LogP contribution in [0, 0.1) is 5.92 Å². The van der Waals surface area contributed by atoms with Crippen LogP contribution < -0.4 is 5.32 Å². The first-order chi connectivity index (χ1) is 8.88. The molecular weight excluding hydrogens is 242 g/mol. The molecule has 1 fully saturated rings. The molecule has 0 saturated carbocycles. The summed E-state index contributed by atoms with van der Waals surface area (Å²) in [4.78, 5) is 15.9. The van der Waals surface area contributed by atoms with Crippen molar-refractivity contribution in [3.05, 3.63) is 0 Å². The van der Waals surface area contributed by atoms with E-state index in [9.17, 15) is 9.90 Å². The Morgan fingerprint density at radius 3 is 1.89 bits per heavy atom. The van der Waals surface area contributed by atoms with Crippen molar-refractivity contribution in [2.75, 3.05) is 39.3 Å². The van der Waals surface area contributed by atoms with Gasteiger partial charge in [-0.25, -0.2) is 0 Å². The summed E-state index contributed by atoms with van der Waals surface area (Å²) in [7, 11) is 0. The smallest absolute Gasteiger partial charge is 0.322 e. The number of hydrogen-bond donors (Lipinski definition) is 2. The van der Waals surface area contributed by atoms with Crippen molar-refractivity contribution in [3.63, 3.8) is 0 Å². The molecule has 1 rings (SSSR count). The molecule has 0 aromatic carbocycles. The molecule has 0 amide bonds. The van der Waals surface area contributed by atoms with Gasteiger partial charge in [-0.05, 0) is 5.92 Å². The SMILES string of the molecule is CC(C)CN1CCN(CC(NC(C)C)C(=O)O)CC1. The number of hydrogen-bond acceptors (Lipinski definition) is 4. The van der Waals surface area contributed by atoms with E-state index in [1.54, 1.807) is 0 Å². The standard InChI is InChI=1S/C14H29N3O2/c1-11(2)9-16-5-7-17(8-6-16)10-13(14(18)19)15-12(3)4/h11-13,15H,5-10H2,1-4H3,(H,18,19). The lowest BCUT2D eigenvalue weighted by molar-refractivity contribution is -0.140. The Morgan fingerprint density at radius 1 is 1.05 bits per heavy atom. The first kappa shape index (κ1) is 16.4. The van der Waals surface area contributed by atoms with E-state index >= 15 is 0 Å². The van der Waals surface area contributed by atoms with Crippen molar-refractivity contribution in [1.29, 1.82) is 0 Å². The maximum Gasteiger partial charge on any atom is 0.322 e. The van der Waals surface area contributed by atoms with Crippen molar-refractivity contribution in [2.45, 2.75) is 39.8 Å². The number of carbonyl (C=O) groups is 1. The summed E-state index contributed by atoms with van der Waals surface area (Å²) in [6, 6.07) is -0.264. The molecule has 1 atom stereocenters. The third-order valence-corrected chi connectivity index (χ3v) is 3.36. The largest absolute Gasteiger partial charge is 0.480 e. The summed E-state index contributed by atoms with van der Waals surface area (Å²) in [6.07, 6.45) is 0. The Balaban J connectivity index is 2.36. The Bertz CT molecular complexity index is 274. The zero-order valence-corrected chi connectivity index (χ0v) is 12.7. The van der Waals surface area contributed by atoms with Crippen molar-refractivity contribution in [2.24, 2.45) is 5.92 Å². The minimum atomic E-state index is -0.752. The lowest BCUT2D eigenvalue weighted by atomic mass is 10.1. The van der Waals surface area contributed by atoms with E-state index in [4.69, 9.17) is 0 Å². The minimum Gasteiger partial charge on any atom is -0.480 e. The van der Waals surface area contributed by atoms with Gasteiger partial charge < -0.3 is 15.3 Å². The molecule has 1 saturated heterocycles. The molecule has 0 spiro atoms. The highest BCUT2D eigenvalue weighted by molar-refractivity contribution is 5.73. The molecule has 0 aromatic rings. The van der Waals surface area contributed by atoms with E-state index in [2.05, 4.69) is 29.0 Å². The zero-order valence-electron chi connectivity index (χ0n) is 12.7. The molecule has 2 N–H and O–H groups in total. The number of nitrogens with zero attached hydrogens (tertiary/aromatic N) is 2. The Labute approximate surface area is 117 Å². The van der Waals surface area contributed by atoms with Crippen LogP contribution in [-0.2, 0) is 4.79 Å². The summed E-state index contributed by atoms with van der Waals surface area (Å²) in [6.45, 7) is 14.2.